The monoisotopic (exact) mass is 497 g/mol. The van der Waals surface area contributed by atoms with E-state index >= 15 is 0 Å². The third-order valence-electron chi connectivity index (χ3n) is 5.97. The number of ether oxygens (including phenoxy) is 1. The van der Waals surface area contributed by atoms with Crippen LogP contribution in [0.3, 0.4) is 0 Å². The molecule has 5 rings (SSSR count). The molecule has 2 heterocycles. The van der Waals surface area contributed by atoms with Crippen LogP contribution >= 0.6 is 11.5 Å². The number of carbonyl (C=O) groups excluding carboxylic acids is 1. The Labute approximate surface area is 211 Å². The van der Waals surface area contributed by atoms with Gasteiger partial charge >= 0.3 is 12.1 Å². The standard InChI is InChI=1S/C28H23N3O4S/c1-16-25(30-28(34)35-17(2)18-6-4-3-5-7-18)26(36-31-16)20-10-8-19(9-11-20)23-14-21-12-13-22(27(32)33)15-24(21)29-23/h3-15,17,29H,1-2H3,(H,30,34)(H,32,33). The Morgan fingerprint density at radius 1 is 1.00 bits per heavy atom. The van der Waals surface area contributed by atoms with Crippen LogP contribution in [0.4, 0.5) is 10.5 Å². The second-order valence-corrected chi connectivity index (χ2v) is 9.20. The minimum atomic E-state index is -0.958. The van der Waals surface area contributed by atoms with E-state index in [4.69, 9.17) is 4.74 Å². The van der Waals surface area contributed by atoms with Gasteiger partial charge in [-0.2, -0.15) is 4.37 Å². The van der Waals surface area contributed by atoms with Crippen LogP contribution in [0.5, 0.6) is 0 Å². The number of aromatic carboxylic acids is 1. The molecule has 0 bridgehead atoms. The molecule has 7 nitrogen and oxygen atoms in total. The van der Waals surface area contributed by atoms with E-state index in [0.29, 0.717) is 11.4 Å². The second kappa shape index (κ2) is 9.67. The summed E-state index contributed by atoms with van der Waals surface area (Å²) in [5, 5.41) is 13.0. The van der Waals surface area contributed by atoms with Gasteiger partial charge in [0.1, 0.15) is 6.10 Å². The number of carbonyl (C=O) groups is 2. The first-order valence-corrected chi connectivity index (χ1v) is 12.1. The minimum Gasteiger partial charge on any atom is -0.478 e. The van der Waals surface area contributed by atoms with Crippen LogP contribution < -0.4 is 5.32 Å². The first kappa shape index (κ1) is 23.3. The quantitative estimate of drug-likeness (QED) is 0.229. The van der Waals surface area contributed by atoms with E-state index in [9.17, 15) is 14.7 Å². The summed E-state index contributed by atoms with van der Waals surface area (Å²) in [6.07, 6.45) is -0.921. The first-order chi connectivity index (χ1) is 17.4. The fourth-order valence-electron chi connectivity index (χ4n) is 4.01. The van der Waals surface area contributed by atoms with Crippen LogP contribution in [0.15, 0.2) is 78.9 Å². The number of benzene rings is 3. The molecule has 3 N–H and O–H groups in total. The van der Waals surface area contributed by atoms with Gasteiger partial charge in [-0.05, 0) is 60.3 Å². The lowest BCUT2D eigenvalue weighted by Gasteiger charge is -2.14. The molecule has 0 fully saturated rings. The molecule has 0 aliphatic carbocycles. The van der Waals surface area contributed by atoms with E-state index < -0.39 is 12.1 Å². The lowest BCUT2D eigenvalue weighted by Crippen LogP contribution is -2.16. The number of anilines is 1. The summed E-state index contributed by atoms with van der Waals surface area (Å²) in [5.74, 6) is -0.958. The summed E-state index contributed by atoms with van der Waals surface area (Å²) in [6.45, 7) is 3.68. The molecule has 180 valence electrons. The van der Waals surface area contributed by atoms with Crippen molar-refractivity contribution in [3.63, 3.8) is 0 Å². The number of hydrogen-bond acceptors (Lipinski definition) is 5. The molecular weight excluding hydrogens is 474 g/mol. The van der Waals surface area contributed by atoms with Crippen LogP contribution in [-0.4, -0.2) is 26.5 Å². The Kier molecular flexibility index (Phi) is 6.26. The zero-order valence-electron chi connectivity index (χ0n) is 19.6. The van der Waals surface area contributed by atoms with E-state index in [1.807, 2.05) is 74.5 Å². The molecular formula is C28H23N3O4S. The summed E-state index contributed by atoms with van der Waals surface area (Å²) in [4.78, 5) is 28.0. The van der Waals surface area contributed by atoms with Gasteiger partial charge in [-0.15, -0.1) is 0 Å². The van der Waals surface area contributed by atoms with E-state index in [-0.39, 0.29) is 11.7 Å². The van der Waals surface area contributed by atoms with E-state index in [1.54, 1.807) is 18.2 Å². The maximum absolute atomic E-state index is 12.6. The van der Waals surface area contributed by atoms with Crippen LogP contribution in [0.1, 0.15) is 34.6 Å². The maximum Gasteiger partial charge on any atom is 0.412 e. The van der Waals surface area contributed by atoms with Crippen molar-refractivity contribution in [3.05, 3.63) is 95.7 Å². The Morgan fingerprint density at radius 3 is 2.44 bits per heavy atom. The number of fused-ring (bicyclic) bond motifs is 1. The lowest BCUT2D eigenvalue weighted by molar-refractivity contribution is 0.0697. The van der Waals surface area contributed by atoms with Gasteiger partial charge in [-0.1, -0.05) is 60.7 Å². The largest absolute Gasteiger partial charge is 0.478 e. The van der Waals surface area contributed by atoms with E-state index in [2.05, 4.69) is 14.7 Å². The van der Waals surface area contributed by atoms with Gasteiger partial charge in [-0.3, -0.25) is 5.32 Å². The van der Waals surface area contributed by atoms with Crippen molar-refractivity contribution in [3.8, 4) is 21.7 Å². The molecule has 1 atom stereocenters. The van der Waals surface area contributed by atoms with Crippen LogP contribution in [0, 0.1) is 6.92 Å². The summed E-state index contributed by atoms with van der Waals surface area (Å²) in [6, 6.07) is 24.5. The minimum absolute atomic E-state index is 0.239. The number of H-pyrrole nitrogens is 1. The van der Waals surface area contributed by atoms with Crippen molar-refractivity contribution < 1.29 is 19.4 Å². The third-order valence-corrected chi connectivity index (χ3v) is 6.96. The number of amides is 1. The molecule has 1 amide bonds. The number of hydrogen-bond donors (Lipinski definition) is 3. The topological polar surface area (TPSA) is 104 Å². The van der Waals surface area contributed by atoms with Crippen molar-refractivity contribution in [2.45, 2.75) is 20.0 Å². The molecule has 0 saturated carbocycles. The SMILES string of the molecule is Cc1nsc(-c2ccc(-c3cc4ccc(C(=O)O)cc4[nH]3)cc2)c1NC(=O)OC(C)c1ccccc1. The van der Waals surface area contributed by atoms with Crippen molar-refractivity contribution in [1.82, 2.24) is 9.36 Å². The number of rotatable bonds is 6. The fraction of sp³-hybridized carbons (Fsp3) is 0.107. The molecule has 0 spiro atoms. The third kappa shape index (κ3) is 4.71. The van der Waals surface area contributed by atoms with Crippen LogP contribution in [0.2, 0.25) is 0 Å². The normalized spacial score (nSPS) is 11.8. The highest BCUT2D eigenvalue weighted by atomic mass is 32.1. The van der Waals surface area contributed by atoms with Crippen LogP contribution in [-0.2, 0) is 4.74 Å². The first-order valence-electron chi connectivity index (χ1n) is 11.3. The molecule has 0 radical (unpaired) electrons. The Hall–Kier alpha value is -4.43. The molecule has 3 aromatic carbocycles. The molecule has 8 heteroatoms. The number of aryl methyl sites for hydroxylation is 1. The molecule has 2 aromatic heterocycles. The van der Waals surface area contributed by atoms with Crippen molar-refractivity contribution >= 4 is 40.2 Å². The number of aromatic amines is 1. The number of nitrogens with one attached hydrogen (secondary N) is 2. The average Bonchev–Trinajstić information content (AvgIpc) is 3.47. The second-order valence-electron chi connectivity index (χ2n) is 8.42. The molecule has 5 aromatic rings. The summed E-state index contributed by atoms with van der Waals surface area (Å²) < 4.78 is 10.0. The highest BCUT2D eigenvalue weighted by molar-refractivity contribution is 7.10. The zero-order valence-corrected chi connectivity index (χ0v) is 20.4. The summed E-state index contributed by atoms with van der Waals surface area (Å²) in [5.41, 5.74) is 6.03. The van der Waals surface area contributed by atoms with Crippen molar-refractivity contribution in [1.29, 1.82) is 0 Å². The Morgan fingerprint density at radius 2 is 1.72 bits per heavy atom. The lowest BCUT2D eigenvalue weighted by atomic mass is 10.1. The van der Waals surface area contributed by atoms with E-state index in [1.165, 1.54) is 11.5 Å². The maximum atomic E-state index is 12.6. The predicted molar refractivity (Wildman–Crippen MR) is 141 cm³/mol. The van der Waals surface area contributed by atoms with Crippen molar-refractivity contribution in [2.24, 2.45) is 0 Å². The summed E-state index contributed by atoms with van der Waals surface area (Å²) >= 11 is 1.31. The number of nitrogens with zero attached hydrogens (tertiary/aromatic N) is 1. The van der Waals surface area contributed by atoms with Gasteiger partial charge in [-0.25, -0.2) is 9.59 Å². The van der Waals surface area contributed by atoms with Gasteiger partial charge in [0.2, 0.25) is 0 Å². The molecule has 0 aliphatic heterocycles. The number of carboxylic acids is 1. The highest BCUT2D eigenvalue weighted by Crippen LogP contribution is 2.36. The molecule has 36 heavy (non-hydrogen) atoms. The van der Waals surface area contributed by atoms with Gasteiger partial charge in [0.15, 0.2) is 0 Å². The smallest absolute Gasteiger partial charge is 0.412 e. The molecule has 1 unspecified atom stereocenters. The fourth-order valence-corrected chi connectivity index (χ4v) is 4.87. The zero-order chi connectivity index (χ0) is 25.2. The van der Waals surface area contributed by atoms with Gasteiger partial charge in [0.25, 0.3) is 0 Å². The van der Waals surface area contributed by atoms with Crippen molar-refractivity contribution in [2.75, 3.05) is 5.32 Å². The molecule has 0 saturated heterocycles. The average molecular weight is 498 g/mol. The van der Waals surface area contributed by atoms with Crippen LogP contribution in [0.25, 0.3) is 32.6 Å². The molecule has 0 aliphatic rings. The van der Waals surface area contributed by atoms with E-state index in [0.717, 1.165) is 38.2 Å². The van der Waals surface area contributed by atoms with Gasteiger partial charge < -0.3 is 14.8 Å². The predicted octanol–water partition coefficient (Wildman–Crippen LogP) is 7.27. The highest BCUT2D eigenvalue weighted by Gasteiger charge is 2.18. The Balaban J connectivity index is 1.35. The van der Waals surface area contributed by atoms with Gasteiger partial charge in [0.05, 0.1) is 21.8 Å². The number of carboxylic acid groups (broad SMARTS) is 1. The Bertz CT molecular complexity index is 1560. The number of aromatic nitrogens is 2. The van der Waals surface area contributed by atoms with Gasteiger partial charge in [0, 0.05) is 16.6 Å². The summed E-state index contributed by atoms with van der Waals surface area (Å²) in [7, 11) is 0.